The number of hydrogen-bond donors (Lipinski definition) is 4. The number of anilines is 1. The Hall–Kier alpha value is -1.89. The van der Waals surface area contributed by atoms with Gasteiger partial charge in [-0.15, -0.1) is 0 Å². The van der Waals surface area contributed by atoms with Crippen LogP contribution in [0.1, 0.15) is 77.6 Å². The number of hydrazine groups is 1. The fourth-order valence-corrected chi connectivity index (χ4v) is 3.80. The van der Waals surface area contributed by atoms with Crippen LogP contribution in [0.4, 0.5) is 10.5 Å². The lowest BCUT2D eigenvalue weighted by Gasteiger charge is -2.09. The number of thioether (sulfide) groups is 1. The number of phenolic OH excluding ortho intramolecular Hbond substituents is 1. The molecule has 0 spiro atoms. The van der Waals surface area contributed by atoms with Crippen molar-refractivity contribution in [1.82, 2.24) is 10.9 Å². The van der Waals surface area contributed by atoms with Crippen LogP contribution in [-0.4, -0.2) is 28.6 Å². The van der Waals surface area contributed by atoms with Crippen molar-refractivity contribution < 1.29 is 14.7 Å². The maximum Gasteiger partial charge on any atom is 0.337 e. The fraction of sp³-hybridized carbons (Fsp3) is 0.636. The summed E-state index contributed by atoms with van der Waals surface area (Å²) in [5.74, 6) is 1.75. The third-order valence-electron chi connectivity index (χ3n) is 4.56. The van der Waals surface area contributed by atoms with E-state index in [0.717, 1.165) is 11.5 Å². The lowest BCUT2D eigenvalue weighted by molar-refractivity contribution is -0.121. The van der Waals surface area contributed by atoms with Gasteiger partial charge in [0.2, 0.25) is 5.91 Å². The first-order chi connectivity index (χ1) is 14.1. The second kappa shape index (κ2) is 17.0. The number of hydrogen-bond acceptors (Lipinski definition) is 4. The van der Waals surface area contributed by atoms with Crippen molar-refractivity contribution in [2.75, 3.05) is 16.8 Å². The van der Waals surface area contributed by atoms with Crippen molar-refractivity contribution in [3.05, 3.63) is 24.3 Å². The van der Waals surface area contributed by atoms with Gasteiger partial charge in [0, 0.05) is 17.9 Å². The molecule has 0 atom stereocenters. The zero-order chi connectivity index (χ0) is 21.2. The van der Waals surface area contributed by atoms with E-state index in [0.29, 0.717) is 12.1 Å². The molecule has 1 aromatic carbocycles. The normalized spacial score (nSPS) is 10.5. The van der Waals surface area contributed by atoms with E-state index in [1.54, 1.807) is 23.9 Å². The molecule has 29 heavy (non-hydrogen) atoms. The van der Waals surface area contributed by atoms with Crippen molar-refractivity contribution in [1.29, 1.82) is 0 Å². The Morgan fingerprint density at radius 2 is 1.41 bits per heavy atom. The summed E-state index contributed by atoms with van der Waals surface area (Å²) in [5, 5.41) is 11.8. The summed E-state index contributed by atoms with van der Waals surface area (Å²) in [6, 6.07) is 5.56. The molecule has 0 aliphatic heterocycles. The molecule has 0 aliphatic carbocycles. The molecule has 1 rings (SSSR count). The van der Waals surface area contributed by atoms with Gasteiger partial charge < -0.3 is 10.4 Å². The predicted octanol–water partition coefficient (Wildman–Crippen LogP) is 5.59. The molecule has 164 valence electrons. The summed E-state index contributed by atoms with van der Waals surface area (Å²) < 4.78 is 0. The van der Waals surface area contributed by atoms with Crippen LogP contribution < -0.4 is 16.2 Å². The van der Waals surface area contributed by atoms with Crippen molar-refractivity contribution in [3.8, 4) is 5.75 Å². The van der Waals surface area contributed by atoms with Crippen LogP contribution in [0.15, 0.2) is 24.3 Å². The van der Waals surface area contributed by atoms with E-state index >= 15 is 0 Å². The molecule has 0 aromatic heterocycles. The molecule has 0 fully saturated rings. The van der Waals surface area contributed by atoms with Crippen LogP contribution in [-0.2, 0) is 4.79 Å². The lowest BCUT2D eigenvalue weighted by Crippen LogP contribution is -2.44. The summed E-state index contributed by atoms with van der Waals surface area (Å²) in [6.07, 6.45) is 13.7. The number of phenols is 1. The minimum Gasteiger partial charge on any atom is -0.508 e. The SMILES string of the molecule is CCCCCCCCCCCCSCCC(=O)NNC(=O)Nc1ccc(O)cc1. The molecule has 4 N–H and O–H groups in total. The van der Waals surface area contributed by atoms with Gasteiger partial charge in [-0.1, -0.05) is 64.7 Å². The molecule has 0 saturated heterocycles. The van der Waals surface area contributed by atoms with Gasteiger partial charge in [0.25, 0.3) is 0 Å². The quantitative estimate of drug-likeness (QED) is 0.168. The first-order valence-corrected chi connectivity index (χ1v) is 12.0. The monoisotopic (exact) mass is 423 g/mol. The first kappa shape index (κ1) is 25.1. The second-order valence-electron chi connectivity index (χ2n) is 7.22. The van der Waals surface area contributed by atoms with Gasteiger partial charge in [-0.2, -0.15) is 11.8 Å². The number of urea groups is 1. The average molecular weight is 424 g/mol. The van der Waals surface area contributed by atoms with E-state index in [4.69, 9.17) is 0 Å². The molecule has 3 amide bonds. The molecule has 0 saturated carbocycles. The van der Waals surface area contributed by atoms with Crippen LogP contribution in [0.5, 0.6) is 5.75 Å². The summed E-state index contributed by atoms with van der Waals surface area (Å²) in [5.41, 5.74) is 5.24. The van der Waals surface area contributed by atoms with Crippen molar-refractivity contribution >= 4 is 29.4 Å². The minimum atomic E-state index is -0.526. The Morgan fingerprint density at radius 3 is 2.03 bits per heavy atom. The highest BCUT2D eigenvalue weighted by molar-refractivity contribution is 7.99. The van der Waals surface area contributed by atoms with Gasteiger partial charge in [-0.05, 0) is 36.4 Å². The Balaban J connectivity index is 1.89. The average Bonchev–Trinajstić information content (AvgIpc) is 2.71. The third kappa shape index (κ3) is 14.7. The molecule has 1 aromatic rings. The number of carbonyl (C=O) groups is 2. The third-order valence-corrected chi connectivity index (χ3v) is 5.63. The van der Waals surface area contributed by atoms with Crippen LogP contribution in [0.25, 0.3) is 0 Å². The van der Waals surface area contributed by atoms with Crippen molar-refractivity contribution in [2.45, 2.75) is 77.6 Å². The minimum absolute atomic E-state index is 0.125. The van der Waals surface area contributed by atoms with Gasteiger partial charge in [0.1, 0.15) is 5.75 Å². The smallest absolute Gasteiger partial charge is 0.337 e. The highest BCUT2D eigenvalue weighted by Crippen LogP contribution is 2.14. The number of unbranched alkanes of at least 4 members (excludes halogenated alkanes) is 9. The van der Waals surface area contributed by atoms with Gasteiger partial charge in [0.05, 0.1) is 0 Å². The highest BCUT2D eigenvalue weighted by Gasteiger charge is 2.05. The maximum atomic E-state index is 11.7. The van der Waals surface area contributed by atoms with Crippen molar-refractivity contribution in [3.63, 3.8) is 0 Å². The van der Waals surface area contributed by atoms with Crippen LogP contribution >= 0.6 is 11.8 Å². The number of rotatable bonds is 15. The lowest BCUT2D eigenvalue weighted by atomic mass is 10.1. The maximum absolute atomic E-state index is 11.7. The Morgan fingerprint density at radius 1 is 0.828 bits per heavy atom. The Labute approximate surface area is 179 Å². The van der Waals surface area contributed by atoms with E-state index < -0.39 is 6.03 Å². The number of amides is 3. The molecular weight excluding hydrogens is 386 g/mol. The molecule has 7 heteroatoms. The van der Waals surface area contributed by atoms with Gasteiger partial charge in [-0.25, -0.2) is 10.2 Å². The number of carbonyl (C=O) groups excluding carboxylic acids is 2. The first-order valence-electron chi connectivity index (χ1n) is 10.8. The topological polar surface area (TPSA) is 90.5 Å². The molecule has 6 nitrogen and oxygen atoms in total. The van der Waals surface area contributed by atoms with E-state index in [9.17, 15) is 14.7 Å². The summed E-state index contributed by atoms with van der Waals surface area (Å²) >= 11 is 1.78. The number of aromatic hydroxyl groups is 1. The molecule has 0 bridgehead atoms. The summed E-state index contributed by atoms with van der Waals surface area (Å²) in [7, 11) is 0. The number of nitrogens with one attached hydrogen (secondary N) is 3. The van der Waals surface area contributed by atoms with Crippen LogP contribution in [0.3, 0.4) is 0 Å². The standard InChI is InChI=1S/C22H37N3O3S/c1-2-3-4-5-6-7-8-9-10-11-17-29-18-16-21(27)24-25-22(28)23-19-12-14-20(26)15-13-19/h12-15,26H,2-11,16-18H2,1H3,(H,24,27)(H2,23,25,28). The molecule has 0 heterocycles. The van der Waals surface area contributed by atoms with Gasteiger partial charge in [-0.3, -0.25) is 10.2 Å². The largest absolute Gasteiger partial charge is 0.508 e. The molecular formula is C22H37N3O3S. The van der Waals surface area contributed by atoms with Gasteiger partial charge >= 0.3 is 6.03 Å². The second-order valence-corrected chi connectivity index (χ2v) is 8.44. The highest BCUT2D eigenvalue weighted by atomic mass is 32.2. The summed E-state index contributed by atoms with van der Waals surface area (Å²) in [6.45, 7) is 2.25. The molecule has 0 aliphatic rings. The molecule has 0 radical (unpaired) electrons. The summed E-state index contributed by atoms with van der Waals surface area (Å²) in [4.78, 5) is 23.4. The Bertz CT molecular complexity index is 567. The predicted molar refractivity (Wildman–Crippen MR) is 122 cm³/mol. The van der Waals surface area contributed by atoms with E-state index in [2.05, 4.69) is 23.1 Å². The Kier molecular flexibility index (Phi) is 14.7. The van der Waals surface area contributed by atoms with E-state index in [-0.39, 0.29) is 11.7 Å². The van der Waals surface area contributed by atoms with Crippen LogP contribution in [0.2, 0.25) is 0 Å². The van der Waals surface area contributed by atoms with E-state index in [1.165, 1.54) is 76.3 Å². The van der Waals surface area contributed by atoms with E-state index in [1.807, 2.05) is 0 Å². The van der Waals surface area contributed by atoms with Crippen LogP contribution in [0, 0.1) is 0 Å². The zero-order valence-corrected chi connectivity index (χ0v) is 18.5. The van der Waals surface area contributed by atoms with Gasteiger partial charge in [0.15, 0.2) is 0 Å². The number of benzene rings is 1. The zero-order valence-electron chi connectivity index (χ0n) is 17.7. The van der Waals surface area contributed by atoms with Crippen molar-refractivity contribution in [2.24, 2.45) is 0 Å². The molecule has 0 unspecified atom stereocenters. The fourth-order valence-electron chi connectivity index (χ4n) is 2.85.